The van der Waals surface area contributed by atoms with Crippen LogP contribution >= 0.6 is 7.75 Å². The third kappa shape index (κ3) is 4.30. The third-order valence-corrected chi connectivity index (χ3v) is 4.81. The van der Waals surface area contributed by atoms with Gasteiger partial charge in [0.2, 0.25) is 5.95 Å². The molecule has 0 saturated carbocycles. The van der Waals surface area contributed by atoms with E-state index in [4.69, 9.17) is 0 Å². The molecule has 0 atom stereocenters. The lowest BCUT2D eigenvalue weighted by atomic mass is 10.2. The van der Waals surface area contributed by atoms with Crippen molar-refractivity contribution in [3.05, 3.63) is 65.7 Å². The molecule has 11 heteroatoms. The zero-order chi connectivity index (χ0) is 21.5. The molecule has 2 aromatic carbocycles. The fraction of sp³-hybridized carbons (Fsp3) is 0.105. The van der Waals surface area contributed by atoms with Gasteiger partial charge in [0.25, 0.3) is 0 Å². The highest BCUT2D eigenvalue weighted by atomic mass is 31.2. The van der Waals surface area contributed by atoms with E-state index in [9.17, 15) is 18.7 Å². The van der Waals surface area contributed by atoms with Gasteiger partial charge in [-0.1, -0.05) is 17.7 Å². The maximum absolute atomic E-state index is 13.8. The molecule has 0 amide bonds. The van der Waals surface area contributed by atoms with E-state index >= 15 is 0 Å². The van der Waals surface area contributed by atoms with Gasteiger partial charge in [0, 0.05) is 17.8 Å². The Labute approximate surface area is 170 Å². The lowest BCUT2D eigenvalue weighted by molar-refractivity contribution is 0.380. The summed E-state index contributed by atoms with van der Waals surface area (Å²) in [6, 6.07) is 13.0. The number of aromatic nitrogens is 4. The average Bonchev–Trinajstić information content (AvgIpc) is 2.97. The Hall–Kier alpha value is -3.33. The molecule has 4 N–H and O–H groups in total. The topological polar surface area (TPSA) is 125 Å². The second-order valence-electron chi connectivity index (χ2n) is 6.71. The highest BCUT2D eigenvalue weighted by Gasteiger charge is 2.18. The average molecular weight is 428 g/mol. The maximum atomic E-state index is 13.8. The van der Waals surface area contributed by atoms with Crippen molar-refractivity contribution >= 4 is 36.2 Å². The first-order chi connectivity index (χ1) is 14.2. The van der Waals surface area contributed by atoms with Crippen LogP contribution in [0.5, 0.6) is 0 Å². The van der Waals surface area contributed by atoms with E-state index in [1.807, 2.05) is 31.2 Å². The molecule has 9 nitrogen and oxygen atoms in total. The van der Waals surface area contributed by atoms with E-state index in [0.29, 0.717) is 22.5 Å². The van der Waals surface area contributed by atoms with Gasteiger partial charge in [0.1, 0.15) is 23.3 Å². The summed E-state index contributed by atoms with van der Waals surface area (Å²) in [5, 5.41) is 5.08. The number of anilines is 3. The number of fused-ring (bicyclic) bond motifs is 1. The summed E-state index contributed by atoms with van der Waals surface area (Å²) in [7, 11) is -4.61. The summed E-state index contributed by atoms with van der Waals surface area (Å²) in [5.41, 5.74) is 2.79. The number of nitrogens with zero attached hydrogens (tertiary/aromatic N) is 4. The Morgan fingerprint density at radius 1 is 1.00 bits per heavy atom. The van der Waals surface area contributed by atoms with E-state index in [1.165, 1.54) is 18.2 Å². The van der Waals surface area contributed by atoms with Crippen molar-refractivity contribution in [2.45, 2.75) is 13.8 Å². The maximum Gasteiger partial charge on any atom is 0.428 e. The molecule has 0 unspecified atom stereocenters. The second kappa shape index (κ2) is 7.49. The number of imidazole rings is 1. The van der Waals surface area contributed by atoms with E-state index in [0.717, 1.165) is 5.56 Å². The Balaban J connectivity index is 1.85. The molecule has 0 spiro atoms. The molecule has 30 heavy (non-hydrogen) atoms. The first-order valence-corrected chi connectivity index (χ1v) is 10.5. The van der Waals surface area contributed by atoms with Crippen LogP contribution in [0.1, 0.15) is 11.4 Å². The zero-order valence-corrected chi connectivity index (χ0v) is 16.9. The molecule has 4 rings (SSSR count). The fourth-order valence-electron chi connectivity index (χ4n) is 3.04. The Bertz CT molecular complexity index is 1290. The summed E-state index contributed by atoms with van der Waals surface area (Å²) in [4.78, 5) is 31.6. The monoisotopic (exact) mass is 428 g/mol. The number of halogens is 1. The highest BCUT2D eigenvalue weighted by Crippen LogP contribution is 2.35. The quantitative estimate of drug-likeness (QED) is 0.354. The molecule has 0 fully saturated rings. The molecule has 0 saturated heterocycles. The smallest absolute Gasteiger partial charge is 0.324 e. The van der Waals surface area contributed by atoms with Crippen LogP contribution in [0.2, 0.25) is 0 Å². The predicted molar refractivity (Wildman–Crippen MR) is 111 cm³/mol. The molecule has 0 aliphatic carbocycles. The predicted octanol–water partition coefficient (Wildman–Crippen LogP) is 3.82. The van der Waals surface area contributed by atoms with Gasteiger partial charge in [-0.25, -0.2) is 13.9 Å². The summed E-state index contributed by atoms with van der Waals surface area (Å²) in [6.45, 7) is 3.68. The van der Waals surface area contributed by atoms with Crippen molar-refractivity contribution in [1.82, 2.24) is 19.5 Å². The van der Waals surface area contributed by atoms with Crippen molar-refractivity contribution in [1.29, 1.82) is 0 Å². The van der Waals surface area contributed by atoms with E-state index in [-0.39, 0.29) is 17.6 Å². The van der Waals surface area contributed by atoms with Gasteiger partial charge in [0.05, 0.1) is 11.0 Å². The molecule has 0 aliphatic heterocycles. The van der Waals surface area contributed by atoms with E-state index in [2.05, 4.69) is 25.4 Å². The molecule has 2 heterocycles. The lowest BCUT2D eigenvalue weighted by Gasteiger charge is -2.13. The minimum absolute atomic E-state index is 0.0967. The molecule has 0 bridgehead atoms. The highest BCUT2D eigenvalue weighted by molar-refractivity contribution is 7.53. The summed E-state index contributed by atoms with van der Waals surface area (Å²) in [6.07, 6.45) is 0. The van der Waals surface area contributed by atoms with Crippen molar-refractivity contribution in [3.8, 4) is 5.82 Å². The molecule has 154 valence electrons. The first-order valence-electron chi connectivity index (χ1n) is 8.89. The molecule has 4 aromatic rings. The number of hydrogen-bond donors (Lipinski definition) is 4. The van der Waals surface area contributed by atoms with Crippen molar-refractivity contribution in [2.24, 2.45) is 0 Å². The van der Waals surface area contributed by atoms with Crippen LogP contribution in [0.3, 0.4) is 0 Å². The summed E-state index contributed by atoms with van der Waals surface area (Å²) in [5.74, 6) is 0.355. The van der Waals surface area contributed by atoms with Gasteiger partial charge in [-0.05, 0) is 38.1 Å². The summed E-state index contributed by atoms with van der Waals surface area (Å²) >= 11 is 0. The van der Waals surface area contributed by atoms with Gasteiger partial charge in [-0.3, -0.25) is 9.65 Å². The molecular formula is C19H18FN6O3P. The lowest BCUT2D eigenvalue weighted by Crippen LogP contribution is -2.08. The SMILES string of the molecule is Cc1ccc(Nc2nc(NP(=O)(O)O)cc(-n3c(C)nc4ccc(F)cc43)n2)cc1. The number of nitrogens with one attached hydrogen (secondary N) is 2. The second-order valence-corrected chi connectivity index (χ2v) is 8.02. The van der Waals surface area contributed by atoms with Gasteiger partial charge in [-0.2, -0.15) is 9.97 Å². The summed E-state index contributed by atoms with van der Waals surface area (Å²) < 4.78 is 26.9. The largest absolute Gasteiger partial charge is 0.428 e. The number of rotatable bonds is 5. The van der Waals surface area contributed by atoms with Crippen LogP contribution in [-0.4, -0.2) is 29.3 Å². The minimum Gasteiger partial charge on any atom is -0.324 e. The number of benzene rings is 2. The number of hydrogen-bond acceptors (Lipinski definition) is 5. The minimum atomic E-state index is -4.61. The Morgan fingerprint density at radius 2 is 1.73 bits per heavy atom. The van der Waals surface area contributed by atoms with Crippen LogP contribution in [0.4, 0.5) is 21.8 Å². The molecule has 0 radical (unpaired) electrons. The molecule has 0 aliphatic rings. The van der Waals surface area contributed by atoms with Gasteiger partial charge in [-0.15, -0.1) is 0 Å². The Morgan fingerprint density at radius 3 is 2.43 bits per heavy atom. The van der Waals surface area contributed by atoms with Crippen LogP contribution in [-0.2, 0) is 4.57 Å². The third-order valence-electron chi connectivity index (χ3n) is 4.29. The Kier molecular flexibility index (Phi) is 4.98. The van der Waals surface area contributed by atoms with Crippen LogP contribution in [0, 0.1) is 19.7 Å². The van der Waals surface area contributed by atoms with Gasteiger partial charge >= 0.3 is 7.75 Å². The van der Waals surface area contributed by atoms with Crippen LogP contribution in [0.15, 0.2) is 48.5 Å². The number of aryl methyl sites for hydroxylation is 2. The molecular weight excluding hydrogens is 410 g/mol. The fourth-order valence-corrected chi connectivity index (χ4v) is 3.45. The van der Waals surface area contributed by atoms with Crippen molar-refractivity contribution in [3.63, 3.8) is 0 Å². The standard InChI is InChI=1S/C19H18FN6O3P/c1-11-3-6-14(7-4-11)22-19-23-17(25-30(27,28)29)10-18(24-19)26-12(2)21-15-8-5-13(20)9-16(15)26/h3-10H,1-2H3,(H4,22,23,24,25,27,28,29). The normalized spacial score (nSPS) is 11.6. The van der Waals surface area contributed by atoms with Crippen LogP contribution < -0.4 is 10.4 Å². The van der Waals surface area contributed by atoms with Crippen molar-refractivity contribution < 1.29 is 18.7 Å². The van der Waals surface area contributed by atoms with Crippen LogP contribution in [0.25, 0.3) is 16.9 Å². The molecule has 2 aromatic heterocycles. The zero-order valence-electron chi connectivity index (χ0n) is 16.0. The van der Waals surface area contributed by atoms with Gasteiger partial charge < -0.3 is 15.1 Å². The van der Waals surface area contributed by atoms with Crippen molar-refractivity contribution in [2.75, 3.05) is 10.4 Å². The van der Waals surface area contributed by atoms with E-state index in [1.54, 1.807) is 17.6 Å². The van der Waals surface area contributed by atoms with Gasteiger partial charge in [0.15, 0.2) is 0 Å². The first kappa shape index (κ1) is 20.0. The van der Waals surface area contributed by atoms with E-state index < -0.39 is 13.6 Å².